The lowest BCUT2D eigenvalue weighted by atomic mass is 10.1. The van der Waals surface area contributed by atoms with Gasteiger partial charge >= 0.3 is 5.63 Å². The summed E-state index contributed by atoms with van der Waals surface area (Å²) in [5, 5.41) is 0.966. The number of hydrogen-bond acceptors (Lipinski definition) is 3. The molecule has 0 unspecified atom stereocenters. The number of hydrogen-bond donors (Lipinski definition) is 0. The maximum Gasteiger partial charge on any atom is 0.355 e. The van der Waals surface area contributed by atoms with Gasteiger partial charge in [-0.15, -0.1) is 0 Å². The zero-order valence-corrected chi connectivity index (χ0v) is 13.5. The van der Waals surface area contributed by atoms with Crippen molar-refractivity contribution >= 4 is 34.2 Å². The van der Waals surface area contributed by atoms with Gasteiger partial charge in [0.25, 0.3) is 0 Å². The molecule has 0 bridgehead atoms. The minimum atomic E-state index is -0.626. The number of ether oxygens (including phenoxy) is 1. The zero-order chi connectivity index (χ0) is 16.6. The standard InChI is InChI=1S/C17H11Cl2FO3/c1-9-11-6-12(18)15(7-14(11)23-17(21)16(9)19)22-8-10-4-2-3-5-13(10)20/h2-7H,8H2,1H3. The number of rotatable bonds is 3. The molecule has 118 valence electrons. The first-order chi connectivity index (χ1) is 11.0. The molecule has 0 radical (unpaired) electrons. The number of halogens is 3. The number of benzene rings is 2. The molecule has 0 N–H and O–H groups in total. The van der Waals surface area contributed by atoms with E-state index in [0.29, 0.717) is 32.9 Å². The summed E-state index contributed by atoms with van der Waals surface area (Å²) in [6, 6.07) is 9.40. The van der Waals surface area contributed by atoms with Gasteiger partial charge in [0.2, 0.25) is 0 Å². The second-order valence-corrected chi connectivity index (χ2v) is 5.77. The van der Waals surface area contributed by atoms with Gasteiger partial charge < -0.3 is 9.15 Å². The van der Waals surface area contributed by atoms with Gasteiger partial charge in [-0.25, -0.2) is 9.18 Å². The third-order valence-corrected chi connectivity index (χ3v) is 4.22. The Labute approximate surface area is 141 Å². The molecule has 0 aliphatic carbocycles. The molecule has 0 saturated heterocycles. The maximum absolute atomic E-state index is 13.6. The Bertz CT molecular complexity index is 950. The van der Waals surface area contributed by atoms with Crippen LogP contribution in [0.4, 0.5) is 4.39 Å². The Kier molecular flexibility index (Phi) is 4.28. The van der Waals surface area contributed by atoms with Gasteiger partial charge in [-0.1, -0.05) is 41.4 Å². The first kappa shape index (κ1) is 15.8. The Morgan fingerprint density at radius 3 is 2.70 bits per heavy atom. The van der Waals surface area contributed by atoms with Crippen LogP contribution in [0, 0.1) is 12.7 Å². The van der Waals surface area contributed by atoms with E-state index < -0.39 is 5.63 Å². The lowest BCUT2D eigenvalue weighted by Gasteiger charge is -2.11. The van der Waals surface area contributed by atoms with E-state index >= 15 is 0 Å². The maximum atomic E-state index is 13.6. The van der Waals surface area contributed by atoms with Gasteiger partial charge in [0.05, 0.1) is 5.02 Å². The molecule has 6 heteroatoms. The van der Waals surface area contributed by atoms with Crippen LogP contribution in [0.15, 0.2) is 45.6 Å². The molecule has 0 aliphatic heterocycles. The fourth-order valence-corrected chi connectivity index (χ4v) is 2.57. The number of fused-ring (bicyclic) bond motifs is 1. The van der Waals surface area contributed by atoms with Crippen LogP contribution < -0.4 is 10.4 Å². The van der Waals surface area contributed by atoms with Gasteiger partial charge in [-0.2, -0.15) is 0 Å². The SMILES string of the molecule is Cc1c(Cl)c(=O)oc2cc(OCc3ccccc3F)c(Cl)cc12. The van der Waals surface area contributed by atoms with Gasteiger partial charge in [-0.05, 0) is 24.6 Å². The monoisotopic (exact) mass is 352 g/mol. The first-order valence-corrected chi connectivity index (χ1v) is 7.51. The predicted octanol–water partition coefficient (Wildman–Crippen LogP) is 5.13. The predicted molar refractivity (Wildman–Crippen MR) is 88.0 cm³/mol. The quantitative estimate of drug-likeness (QED) is 0.613. The first-order valence-electron chi connectivity index (χ1n) is 6.76. The van der Waals surface area contributed by atoms with Crippen molar-refractivity contribution in [2.24, 2.45) is 0 Å². The van der Waals surface area contributed by atoms with Crippen molar-refractivity contribution in [2.45, 2.75) is 13.5 Å². The van der Waals surface area contributed by atoms with E-state index in [0.717, 1.165) is 0 Å². The van der Waals surface area contributed by atoms with Crippen molar-refractivity contribution < 1.29 is 13.5 Å². The highest BCUT2D eigenvalue weighted by molar-refractivity contribution is 6.33. The largest absolute Gasteiger partial charge is 0.487 e. The van der Waals surface area contributed by atoms with E-state index in [9.17, 15) is 9.18 Å². The summed E-state index contributed by atoms with van der Waals surface area (Å²) in [6.07, 6.45) is 0. The van der Waals surface area contributed by atoms with Gasteiger partial charge in [0, 0.05) is 17.0 Å². The van der Waals surface area contributed by atoms with Crippen LogP contribution in [0.3, 0.4) is 0 Å². The Hall–Kier alpha value is -2.04. The second-order valence-electron chi connectivity index (χ2n) is 4.99. The van der Waals surface area contributed by atoms with E-state index in [1.807, 2.05) is 0 Å². The average molecular weight is 353 g/mol. The van der Waals surface area contributed by atoms with Crippen molar-refractivity contribution in [2.75, 3.05) is 0 Å². The molecule has 23 heavy (non-hydrogen) atoms. The van der Waals surface area contributed by atoms with Crippen LogP contribution >= 0.6 is 23.2 Å². The molecule has 3 rings (SSSR count). The molecule has 3 nitrogen and oxygen atoms in total. The van der Waals surface area contributed by atoms with Crippen LogP contribution in [0.5, 0.6) is 5.75 Å². The smallest absolute Gasteiger partial charge is 0.355 e. The molecular weight excluding hydrogens is 342 g/mol. The topological polar surface area (TPSA) is 39.4 Å². The Morgan fingerprint density at radius 2 is 1.96 bits per heavy atom. The highest BCUT2D eigenvalue weighted by Crippen LogP contribution is 2.33. The van der Waals surface area contributed by atoms with Crippen molar-refractivity contribution in [1.29, 1.82) is 0 Å². The highest BCUT2D eigenvalue weighted by atomic mass is 35.5. The molecule has 0 amide bonds. The summed E-state index contributed by atoms with van der Waals surface area (Å²) >= 11 is 12.1. The van der Waals surface area contributed by atoms with E-state index in [2.05, 4.69) is 0 Å². The van der Waals surface area contributed by atoms with Crippen LogP contribution in [0.25, 0.3) is 11.0 Å². The lowest BCUT2D eigenvalue weighted by Crippen LogP contribution is -2.03. The molecule has 0 aliphatic rings. The lowest BCUT2D eigenvalue weighted by molar-refractivity contribution is 0.300. The molecule has 1 heterocycles. The summed E-state index contributed by atoms with van der Waals surface area (Å²) < 4.78 is 24.3. The van der Waals surface area contributed by atoms with Crippen LogP contribution in [-0.2, 0) is 6.61 Å². The van der Waals surface area contributed by atoms with Crippen LogP contribution in [-0.4, -0.2) is 0 Å². The Morgan fingerprint density at radius 1 is 1.22 bits per heavy atom. The molecular formula is C17H11Cl2FO3. The van der Waals surface area contributed by atoms with Gasteiger partial charge in [0.15, 0.2) is 0 Å². The van der Waals surface area contributed by atoms with Gasteiger partial charge in [-0.3, -0.25) is 0 Å². The average Bonchev–Trinajstić information content (AvgIpc) is 2.53. The third kappa shape index (κ3) is 3.05. The second kappa shape index (κ2) is 6.22. The Balaban J connectivity index is 1.99. The molecule has 0 atom stereocenters. The summed E-state index contributed by atoms with van der Waals surface area (Å²) in [7, 11) is 0. The third-order valence-electron chi connectivity index (χ3n) is 3.49. The fraction of sp³-hybridized carbons (Fsp3) is 0.118. The van der Waals surface area contributed by atoms with E-state index in [1.54, 1.807) is 31.2 Å². The van der Waals surface area contributed by atoms with E-state index in [1.165, 1.54) is 12.1 Å². The van der Waals surface area contributed by atoms with Crippen molar-refractivity contribution in [3.05, 3.63) is 73.8 Å². The molecule has 2 aromatic carbocycles. The fourth-order valence-electron chi connectivity index (χ4n) is 2.21. The molecule has 1 aromatic heterocycles. The molecule has 3 aromatic rings. The van der Waals surface area contributed by atoms with Crippen molar-refractivity contribution in [1.82, 2.24) is 0 Å². The highest BCUT2D eigenvalue weighted by Gasteiger charge is 2.13. The normalized spacial score (nSPS) is 11.0. The van der Waals surface area contributed by atoms with E-state index in [4.69, 9.17) is 32.4 Å². The van der Waals surface area contributed by atoms with E-state index in [-0.39, 0.29) is 17.4 Å². The van der Waals surface area contributed by atoms with Crippen molar-refractivity contribution in [3.8, 4) is 5.75 Å². The summed E-state index contributed by atoms with van der Waals surface area (Å²) in [4.78, 5) is 11.7. The zero-order valence-electron chi connectivity index (χ0n) is 12.0. The molecule has 0 spiro atoms. The summed E-state index contributed by atoms with van der Waals surface area (Å²) in [5.41, 5.74) is 0.668. The summed E-state index contributed by atoms with van der Waals surface area (Å²) in [6.45, 7) is 1.71. The van der Waals surface area contributed by atoms with Crippen molar-refractivity contribution in [3.63, 3.8) is 0 Å². The minimum absolute atomic E-state index is 0.00863. The summed E-state index contributed by atoms with van der Waals surface area (Å²) in [5.74, 6) is -0.0640. The molecule has 0 fully saturated rings. The van der Waals surface area contributed by atoms with Gasteiger partial charge in [0.1, 0.15) is 28.8 Å². The minimum Gasteiger partial charge on any atom is -0.487 e. The van der Waals surface area contributed by atoms with Crippen LogP contribution in [0.2, 0.25) is 10.0 Å². The van der Waals surface area contributed by atoms with Crippen LogP contribution in [0.1, 0.15) is 11.1 Å². The number of aryl methyl sites for hydroxylation is 1. The molecule has 0 saturated carbocycles.